The van der Waals surface area contributed by atoms with E-state index in [1.165, 1.54) is 11.1 Å². The fraction of sp³-hybridized carbons (Fsp3) is 0.429. The number of fused-ring (bicyclic) bond motifs is 1. The van der Waals surface area contributed by atoms with Crippen molar-refractivity contribution < 1.29 is 9.47 Å². The van der Waals surface area contributed by atoms with E-state index < -0.39 is 5.79 Å². The van der Waals surface area contributed by atoms with E-state index in [9.17, 15) is 0 Å². The molecule has 0 aromatic heterocycles. The van der Waals surface area contributed by atoms with Crippen LogP contribution in [0.4, 0.5) is 0 Å². The molecule has 84 valence electrons. The molecule has 0 N–H and O–H groups in total. The topological polar surface area (TPSA) is 18.5 Å². The summed E-state index contributed by atoms with van der Waals surface area (Å²) < 4.78 is 11.7. The summed E-state index contributed by atoms with van der Waals surface area (Å²) in [5.41, 5.74) is 2.71. The lowest BCUT2D eigenvalue weighted by molar-refractivity contribution is -0.174. The first-order chi connectivity index (χ1) is 7.86. The summed E-state index contributed by atoms with van der Waals surface area (Å²) in [5, 5.41) is 0. The minimum atomic E-state index is -0.434. The Balaban J connectivity index is 2.06. The van der Waals surface area contributed by atoms with Crippen LogP contribution in [-0.2, 0) is 15.9 Å². The van der Waals surface area contributed by atoms with E-state index in [0.717, 1.165) is 12.8 Å². The van der Waals surface area contributed by atoms with Crippen molar-refractivity contribution in [3.8, 4) is 0 Å². The van der Waals surface area contributed by atoms with E-state index in [4.69, 9.17) is 9.47 Å². The zero-order valence-electron chi connectivity index (χ0n) is 9.32. The van der Waals surface area contributed by atoms with E-state index in [0.29, 0.717) is 13.2 Å². The van der Waals surface area contributed by atoms with Crippen LogP contribution in [0.25, 0.3) is 0 Å². The third kappa shape index (κ3) is 1.34. The van der Waals surface area contributed by atoms with Gasteiger partial charge in [-0.15, -0.1) is 6.58 Å². The second-order valence-corrected chi connectivity index (χ2v) is 4.42. The van der Waals surface area contributed by atoms with Crippen LogP contribution in [0, 0.1) is 0 Å². The van der Waals surface area contributed by atoms with Gasteiger partial charge in [0.15, 0.2) is 5.79 Å². The van der Waals surface area contributed by atoms with E-state index >= 15 is 0 Å². The molecular weight excluding hydrogens is 200 g/mol. The smallest absolute Gasteiger partial charge is 0.179 e. The first-order valence-electron chi connectivity index (χ1n) is 5.84. The first-order valence-corrected chi connectivity index (χ1v) is 5.84. The Kier molecular flexibility index (Phi) is 2.34. The Morgan fingerprint density at radius 1 is 1.25 bits per heavy atom. The highest BCUT2D eigenvalue weighted by Gasteiger charge is 2.46. The Labute approximate surface area is 95.9 Å². The fourth-order valence-corrected chi connectivity index (χ4v) is 2.87. The molecule has 1 aliphatic heterocycles. The van der Waals surface area contributed by atoms with E-state index in [-0.39, 0.29) is 5.92 Å². The maximum Gasteiger partial charge on any atom is 0.179 e. The van der Waals surface area contributed by atoms with Crippen LogP contribution in [0.15, 0.2) is 36.9 Å². The van der Waals surface area contributed by atoms with Crippen molar-refractivity contribution in [3.05, 3.63) is 48.0 Å². The predicted octanol–water partition coefficient (Wildman–Crippen LogP) is 2.65. The van der Waals surface area contributed by atoms with Crippen molar-refractivity contribution in [3.63, 3.8) is 0 Å². The predicted molar refractivity (Wildman–Crippen MR) is 62.3 cm³/mol. The Morgan fingerprint density at radius 3 is 2.75 bits per heavy atom. The van der Waals surface area contributed by atoms with E-state index in [2.05, 4.69) is 30.8 Å². The maximum absolute atomic E-state index is 5.85. The highest BCUT2D eigenvalue weighted by Crippen LogP contribution is 2.44. The summed E-state index contributed by atoms with van der Waals surface area (Å²) in [7, 11) is 0. The molecule has 2 aliphatic rings. The summed E-state index contributed by atoms with van der Waals surface area (Å²) in [5.74, 6) is -0.268. The molecule has 2 nitrogen and oxygen atoms in total. The van der Waals surface area contributed by atoms with Gasteiger partial charge in [0.1, 0.15) is 0 Å². The summed E-state index contributed by atoms with van der Waals surface area (Å²) >= 11 is 0. The average molecular weight is 216 g/mol. The van der Waals surface area contributed by atoms with Gasteiger partial charge in [-0.1, -0.05) is 30.3 Å². The van der Waals surface area contributed by atoms with Gasteiger partial charge in [-0.3, -0.25) is 0 Å². The van der Waals surface area contributed by atoms with Crippen LogP contribution in [-0.4, -0.2) is 19.0 Å². The molecule has 1 aromatic rings. The second-order valence-electron chi connectivity index (χ2n) is 4.42. The molecule has 16 heavy (non-hydrogen) atoms. The molecule has 1 unspecified atom stereocenters. The van der Waals surface area contributed by atoms with Crippen molar-refractivity contribution in [2.75, 3.05) is 13.2 Å². The average Bonchev–Trinajstić information content (AvgIpc) is 2.78. The van der Waals surface area contributed by atoms with Crippen LogP contribution < -0.4 is 0 Å². The van der Waals surface area contributed by atoms with Gasteiger partial charge in [0.25, 0.3) is 0 Å². The molecule has 1 heterocycles. The molecule has 1 aliphatic carbocycles. The lowest BCUT2D eigenvalue weighted by Gasteiger charge is -2.39. The molecular formula is C14H16O2. The van der Waals surface area contributed by atoms with Gasteiger partial charge >= 0.3 is 0 Å². The number of ether oxygens (including phenoxy) is 2. The monoisotopic (exact) mass is 216 g/mol. The zero-order valence-corrected chi connectivity index (χ0v) is 9.32. The van der Waals surface area contributed by atoms with Crippen molar-refractivity contribution in [1.29, 1.82) is 0 Å². The first kappa shape index (κ1) is 10.1. The standard InChI is InChI=1S/C14H16O2/c1-2-13-12-6-4-3-5-11(12)7-8-14(13)15-9-10-16-14/h2-6,13H,1,7-10H2. The Bertz CT molecular complexity index is 405. The highest BCUT2D eigenvalue weighted by atomic mass is 16.7. The number of benzene rings is 1. The molecule has 0 amide bonds. The van der Waals surface area contributed by atoms with Crippen LogP contribution in [0.1, 0.15) is 23.5 Å². The molecule has 2 heteroatoms. The van der Waals surface area contributed by atoms with E-state index in [1.807, 2.05) is 6.08 Å². The molecule has 0 radical (unpaired) electrons. The summed E-state index contributed by atoms with van der Waals surface area (Å²) in [6.45, 7) is 5.34. The van der Waals surface area contributed by atoms with Gasteiger partial charge in [-0.25, -0.2) is 0 Å². The minimum Gasteiger partial charge on any atom is -0.347 e. The van der Waals surface area contributed by atoms with Gasteiger partial charge in [0, 0.05) is 6.42 Å². The van der Waals surface area contributed by atoms with Crippen LogP contribution in [0.2, 0.25) is 0 Å². The number of hydrogen-bond acceptors (Lipinski definition) is 2. The molecule has 1 aromatic carbocycles. The number of aryl methyl sites for hydroxylation is 1. The number of hydrogen-bond donors (Lipinski definition) is 0. The van der Waals surface area contributed by atoms with Crippen LogP contribution in [0.3, 0.4) is 0 Å². The van der Waals surface area contributed by atoms with E-state index in [1.54, 1.807) is 0 Å². The van der Waals surface area contributed by atoms with Gasteiger partial charge < -0.3 is 9.47 Å². The molecule has 1 fully saturated rings. The molecule has 3 rings (SSSR count). The third-order valence-corrected chi connectivity index (χ3v) is 3.62. The maximum atomic E-state index is 5.85. The molecule has 0 saturated carbocycles. The van der Waals surface area contributed by atoms with Gasteiger partial charge in [0.05, 0.1) is 19.1 Å². The fourth-order valence-electron chi connectivity index (χ4n) is 2.87. The SMILES string of the molecule is C=CC1c2ccccc2CCC12OCCO2. The minimum absolute atomic E-state index is 0.167. The van der Waals surface area contributed by atoms with Crippen molar-refractivity contribution in [2.24, 2.45) is 0 Å². The van der Waals surface area contributed by atoms with Crippen LogP contribution in [0.5, 0.6) is 0 Å². The largest absolute Gasteiger partial charge is 0.347 e. The molecule has 1 atom stereocenters. The van der Waals surface area contributed by atoms with Crippen molar-refractivity contribution in [2.45, 2.75) is 24.5 Å². The molecule has 1 spiro atoms. The normalized spacial score (nSPS) is 26.6. The third-order valence-electron chi connectivity index (χ3n) is 3.62. The molecule has 1 saturated heterocycles. The van der Waals surface area contributed by atoms with Gasteiger partial charge in [0.2, 0.25) is 0 Å². The van der Waals surface area contributed by atoms with Crippen molar-refractivity contribution >= 4 is 0 Å². The molecule has 0 bridgehead atoms. The quantitative estimate of drug-likeness (QED) is 0.672. The summed E-state index contributed by atoms with van der Waals surface area (Å²) in [6, 6.07) is 8.51. The lowest BCUT2D eigenvalue weighted by atomic mass is 9.78. The van der Waals surface area contributed by atoms with Gasteiger partial charge in [-0.05, 0) is 17.5 Å². The Morgan fingerprint density at radius 2 is 2.00 bits per heavy atom. The number of rotatable bonds is 1. The zero-order chi connectivity index (χ0) is 11.0. The van der Waals surface area contributed by atoms with Gasteiger partial charge in [-0.2, -0.15) is 0 Å². The second kappa shape index (κ2) is 3.72. The van der Waals surface area contributed by atoms with Crippen molar-refractivity contribution in [1.82, 2.24) is 0 Å². The Hall–Kier alpha value is -1.12. The lowest BCUT2D eigenvalue weighted by Crippen LogP contribution is -2.40. The summed E-state index contributed by atoms with van der Waals surface area (Å²) in [6.07, 6.45) is 3.92. The van der Waals surface area contributed by atoms with Crippen LogP contribution >= 0.6 is 0 Å². The highest BCUT2D eigenvalue weighted by molar-refractivity contribution is 5.37. The summed E-state index contributed by atoms with van der Waals surface area (Å²) in [4.78, 5) is 0.